The molecule has 0 bridgehead atoms. The molecule has 1 aromatic carbocycles. The van der Waals surface area contributed by atoms with Gasteiger partial charge in [0.1, 0.15) is 0 Å². The maximum absolute atomic E-state index is 11.5. The molecule has 29 heavy (non-hydrogen) atoms. The second-order valence-electron chi connectivity index (χ2n) is 7.72. The first-order valence-electron chi connectivity index (χ1n) is 10.1. The predicted octanol–water partition coefficient (Wildman–Crippen LogP) is 2.62. The SMILES string of the molecule is CC(=O)N1CCN(Cc2ccccc2NCc2cnc3nc(C)cc(C)n23)CC1. The van der Waals surface area contributed by atoms with E-state index >= 15 is 0 Å². The standard InChI is InChI=1S/C22H28N6O/c1-16-12-17(2)28-20(14-24-22(28)25-16)13-23-21-7-5-4-6-19(21)15-26-8-10-27(11-9-26)18(3)29/h4-7,12,14,23H,8-11,13,15H2,1-3H3. The third-order valence-electron chi connectivity index (χ3n) is 5.55. The molecule has 0 atom stereocenters. The summed E-state index contributed by atoms with van der Waals surface area (Å²) < 4.78 is 2.10. The molecule has 0 aliphatic carbocycles. The van der Waals surface area contributed by atoms with Gasteiger partial charge in [0, 0.05) is 56.7 Å². The molecule has 3 heterocycles. The topological polar surface area (TPSA) is 65.8 Å². The number of carbonyl (C=O) groups excluding carboxylic acids is 1. The van der Waals surface area contributed by atoms with Crippen molar-refractivity contribution in [2.45, 2.75) is 33.9 Å². The maximum atomic E-state index is 11.5. The highest BCUT2D eigenvalue weighted by atomic mass is 16.2. The Morgan fingerprint density at radius 2 is 1.90 bits per heavy atom. The van der Waals surface area contributed by atoms with Gasteiger partial charge in [-0.2, -0.15) is 0 Å². The zero-order chi connectivity index (χ0) is 20.4. The zero-order valence-electron chi connectivity index (χ0n) is 17.4. The monoisotopic (exact) mass is 392 g/mol. The lowest BCUT2D eigenvalue weighted by Crippen LogP contribution is -2.47. The molecule has 1 saturated heterocycles. The maximum Gasteiger partial charge on any atom is 0.234 e. The van der Waals surface area contributed by atoms with Crippen LogP contribution in [0.5, 0.6) is 0 Å². The van der Waals surface area contributed by atoms with Crippen LogP contribution < -0.4 is 5.32 Å². The molecule has 2 aromatic heterocycles. The molecule has 0 spiro atoms. The summed E-state index contributed by atoms with van der Waals surface area (Å²) in [6.45, 7) is 10.7. The summed E-state index contributed by atoms with van der Waals surface area (Å²) in [6.07, 6.45) is 1.89. The van der Waals surface area contributed by atoms with Crippen molar-refractivity contribution in [3.05, 3.63) is 59.2 Å². The van der Waals surface area contributed by atoms with Gasteiger partial charge in [0.15, 0.2) is 0 Å². The summed E-state index contributed by atoms with van der Waals surface area (Å²) in [6, 6.07) is 10.5. The minimum atomic E-state index is 0.166. The number of benzene rings is 1. The number of imidazole rings is 1. The summed E-state index contributed by atoms with van der Waals surface area (Å²) in [5.74, 6) is 0.913. The van der Waals surface area contributed by atoms with Crippen molar-refractivity contribution in [1.29, 1.82) is 0 Å². The van der Waals surface area contributed by atoms with E-state index < -0.39 is 0 Å². The van der Waals surface area contributed by atoms with Gasteiger partial charge in [-0.1, -0.05) is 18.2 Å². The second kappa shape index (κ2) is 8.21. The van der Waals surface area contributed by atoms with E-state index in [1.807, 2.05) is 18.0 Å². The summed E-state index contributed by atoms with van der Waals surface area (Å²) in [5.41, 5.74) is 5.61. The summed E-state index contributed by atoms with van der Waals surface area (Å²) in [4.78, 5) is 24.8. The molecular weight excluding hydrogens is 364 g/mol. The zero-order valence-corrected chi connectivity index (χ0v) is 17.4. The number of amides is 1. The number of fused-ring (bicyclic) bond motifs is 1. The smallest absolute Gasteiger partial charge is 0.234 e. The van der Waals surface area contributed by atoms with Gasteiger partial charge in [-0.3, -0.25) is 14.1 Å². The summed E-state index contributed by atoms with van der Waals surface area (Å²) in [7, 11) is 0. The van der Waals surface area contributed by atoms with Crippen molar-refractivity contribution in [2.24, 2.45) is 0 Å². The van der Waals surface area contributed by atoms with E-state index in [4.69, 9.17) is 0 Å². The number of aromatic nitrogens is 3. The Morgan fingerprint density at radius 3 is 2.66 bits per heavy atom. The van der Waals surface area contributed by atoms with Crippen molar-refractivity contribution >= 4 is 17.4 Å². The lowest BCUT2D eigenvalue weighted by atomic mass is 10.1. The molecule has 1 aliphatic heterocycles. The van der Waals surface area contributed by atoms with Crippen molar-refractivity contribution in [2.75, 3.05) is 31.5 Å². The van der Waals surface area contributed by atoms with Gasteiger partial charge < -0.3 is 10.2 Å². The van der Waals surface area contributed by atoms with Crippen LogP contribution in [0.3, 0.4) is 0 Å². The van der Waals surface area contributed by atoms with E-state index in [-0.39, 0.29) is 5.91 Å². The molecule has 4 rings (SSSR count). The van der Waals surface area contributed by atoms with Crippen LogP contribution >= 0.6 is 0 Å². The molecule has 0 saturated carbocycles. The van der Waals surface area contributed by atoms with Crippen molar-refractivity contribution in [1.82, 2.24) is 24.2 Å². The number of anilines is 1. The fourth-order valence-corrected chi connectivity index (χ4v) is 4.00. The van der Waals surface area contributed by atoms with Crippen LogP contribution in [-0.4, -0.2) is 56.3 Å². The second-order valence-corrected chi connectivity index (χ2v) is 7.72. The lowest BCUT2D eigenvalue weighted by Gasteiger charge is -2.34. The highest BCUT2D eigenvalue weighted by Gasteiger charge is 2.19. The Bertz CT molecular complexity index is 1020. The van der Waals surface area contributed by atoms with Gasteiger partial charge in [0.05, 0.1) is 18.4 Å². The van der Waals surface area contributed by atoms with Crippen LogP contribution in [0.25, 0.3) is 5.78 Å². The number of carbonyl (C=O) groups is 1. The summed E-state index contributed by atoms with van der Waals surface area (Å²) >= 11 is 0. The molecule has 1 N–H and O–H groups in total. The summed E-state index contributed by atoms with van der Waals surface area (Å²) in [5, 5.41) is 3.59. The van der Waals surface area contributed by atoms with Crippen molar-refractivity contribution < 1.29 is 4.79 Å². The quantitative estimate of drug-likeness (QED) is 0.723. The van der Waals surface area contributed by atoms with Crippen LogP contribution in [0.4, 0.5) is 5.69 Å². The number of hydrogen-bond acceptors (Lipinski definition) is 5. The predicted molar refractivity (Wildman–Crippen MR) is 114 cm³/mol. The van der Waals surface area contributed by atoms with Crippen LogP contribution in [0, 0.1) is 13.8 Å². The van der Waals surface area contributed by atoms with Gasteiger partial charge in [-0.25, -0.2) is 9.97 Å². The van der Waals surface area contributed by atoms with Crippen LogP contribution in [0.1, 0.15) is 29.6 Å². The molecule has 0 radical (unpaired) electrons. The number of hydrogen-bond donors (Lipinski definition) is 1. The number of aryl methyl sites for hydroxylation is 2. The van der Waals surface area contributed by atoms with Crippen molar-refractivity contribution in [3.8, 4) is 0 Å². The van der Waals surface area contributed by atoms with Crippen LogP contribution in [0.15, 0.2) is 36.5 Å². The first-order valence-corrected chi connectivity index (χ1v) is 10.1. The Labute approximate surface area is 171 Å². The van der Waals surface area contributed by atoms with Gasteiger partial charge >= 0.3 is 0 Å². The van der Waals surface area contributed by atoms with Gasteiger partial charge in [-0.15, -0.1) is 0 Å². The number of nitrogens with one attached hydrogen (secondary N) is 1. The molecule has 7 nitrogen and oxygen atoms in total. The third-order valence-corrected chi connectivity index (χ3v) is 5.55. The molecule has 7 heteroatoms. The number of para-hydroxylation sites is 1. The van der Waals surface area contributed by atoms with E-state index in [0.29, 0.717) is 6.54 Å². The molecular formula is C22H28N6O. The average molecular weight is 393 g/mol. The fraction of sp³-hybridized carbons (Fsp3) is 0.409. The van der Waals surface area contributed by atoms with Crippen LogP contribution in [0.2, 0.25) is 0 Å². The van der Waals surface area contributed by atoms with E-state index in [1.54, 1.807) is 6.92 Å². The molecule has 1 amide bonds. The lowest BCUT2D eigenvalue weighted by molar-refractivity contribution is -0.130. The largest absolute Gasteiger partial charge is 0.379 e. The Hall–Kier alpha value is -2.93. The minimum Gasteiger partial charge on any atom is -0.379 e. The average Bonchev–Trinajstić information content (AvgIpc) is 3.11. The molecule has 1 aliphatic rings. The van der Waals surface area contributed by atoms with E-state index in [1.165, 1.54) is 5.56 Å². The Morgan fingerprint density at radius 1 is 1.14 bits per heavy atom. The number of piperazine rings is 1. The molecule has 3 aromatic rings. The molecule has 152 valence electrons. The highest BCUT2D eigenvalue weighted by molar-refractivity contribution is 5.73. The van der Waals surface area contributed by atoms with E-state index in [2.05, 4.69) is 61.8 Å². The molecule has 0 unspecified atom stereocenters. The number of rotatable bonds is 5. The van der Waals surface area contributed by atoms with Crippen molar-refractivity contribution in [3.63, 3.8) is 0 Å². The first-order chi connectivity index (χ1) is 14.0. The first kappa shape index (κ1) is 19.4. The van der Waals surface area contributed by atoms with Gasteiger partial charge in [0.25, 0.3) is 0 Å². The highest BCUT2D eigenvalue weighted by Crippen LogP contribution is 2.20. The Balaban J connectivity index is 1.45. The van der Waals surface area contributed by atoms with Crippen LogP contribution in [-0.2, 0) is 17.9 Å². The van der Waals surface area contributed by atoms with E-state index in [9.17, 15) is 4.79 Å². The normalized spacial score (nSPS) is 15.1. The minimum absolute atomic E-state index is 0.166. The fourth-order valence-electron chi connectivity index (χ4n) is 4.00. The van der Waals surface area contributed by atoms with Gasteiger partial charge in [0.2, 0.25) is 11.7 Å². The Kier molecular flexibility index (Phi) is 5.49. The number of nitrogens with zero attached hydrogens (tertiary/aromatic N) is 5. The molecule has 1 fully saturated rings. The third kappa shape index (κ3) is 4.24. The van der Waals surface area contributed by atoms with E-state index in [0.717, 1.165) is 61.3 Å². The van der Waals surface area contributed by atoms with Gasteiger partial charge in [-0.05, 0) is 31.5 Å².